The maximum Gasteiger partial charge on any atom is 0.251 e. The SMILES string of the molecule is Cc1cc(C)c2c(c1)C1(C(=O)N2)N2CCCC2C(C(=O)c2ccc3c(c2)OCO3)C12C(=O)Nc1ccccc12. The summed E-state index contributed by atoms with van der Waals surface area (Å²) in [6.45, 7) is 4.70. The molecule has 5 aliphatic heterocycles. The Hall–Kier alpha value is -4.17. The summed E-state index contributed by atoms with van der Waals surface area (Å²) in [6, 6.07) is 16.5. The summed E-state index contributed by atoms with van der Waals surface area (Å²) in [6.07, 6.45) is 1.55. The molecule has 3 aromatic carbocycles. The number of hydrogen-bond acceptors (Lipinski definition) is 6. The van der Waals surface area contributed by atoms with Gasteiger partial charge in [0.2, 0.25) is 12.7 Å². The molecule has 4 atom stereocenters. The highest BCUT2D eigenvalue weighted by molar-refractivity contribution is 6.21. The van der Waals surface area contributed by atoms with E-state index >= 15 is 0 Å². The quantitative estimate of drug-likeness (QED) is 0.494. The minimum atomic E-state index is -1.46. The Kier molecular flexibility index (Phi) is 4.37. The van der Waals surface area contributed by atoms with Crippen LogP contribution in [0, 0.1) is 19.8 Å². The third-order valence-corrected chi connectivity index (χ3v) is 9.49. The van der Waals surface area contributed by atoms with Crippen LogP contribution >= 0.6 is 0 Å². The molecule has 0 aliphatic carbocycles. The molecule has 0 saturated carbocycles. The lowest BCUT2D eigenvalue weighted by Gasteiger charge is -2.43. The van der Waals surface area contributed by atoms with Crippen molar-refractivity contribution in [2.75, 3.05) is 24.0 Å². The van der Waals surface area contributed by atoms with Crippen molar-refractivity contribution in [3.63, 3.8) is 0 Å². The molecule has 196 valence electrons. The van der Waals surface area contributed by atoms with Crippen LogP contribution in [-0.2, 0) is 20.5 Å². The first-order chi connectivity index (χ1) is 18.9. The van der Waals surface area contributed by atoms with Gasteiger partial charge in [-0.2, -0.15) is 0 Å². The number of aryl methyl sites for hydroxylation is 2. The predicted octanol–water partition coefficient (Wildman–Crippen LogP) is 4.05. The predicted molar refractivity (Wildman–Crippen MR) is 143 cm³/mol. The van der Waals surface area contributed by atoms with Crippen LogP contribution in [0.1, 0.15) is 45.5 Å². The lowest BCUT2D eigenvalue weighted by molar-refractivity contribution is -0.137. The molecule has 8 nitrogen and oxygen atoms in total. The third-order valence-electron chi connectivity index (χ3n) is 9.49. The molecule has 2 amide bonds. The largest absolute Gasteiger partial charge is 0.454 e. The van der Waals surface area contributed by atoms with Crippen LogP contribution in [0.25, 0.3) is 0 Å². The first-order valence-electron chi connectivity index (χ1n) is 13.4. The molecule has 8 rings (SSSR count). The van der Waals surface area contributed by atoms with Gasteiger partial charge in [0.1, 0.15) is 11.0 Å². The van der Waals surface area contributed by atoms with Gasteiger partial charge in [0.25, 0.3) is 5.91 Å². The van der Waals surface area contributed by atoms with Crippen molar-refractivity contribution >= 4 is 29.0 Å². The summed E-state index contributed by atoms with van der Waals surface area (Å²) in [5, 5.41) is 6.25. The Labute approximate surface area is 225 Å². The lowest BCUT2D eigenvalue weighted by atomic mass is 9.57. The van der Waals surface area contributed by atoms with Gasteiger partial charge in [0.15, 0.2) is 17.3 Å². The van der Waals surface area contributed by atoms with Gasteiger partial charge in [0.05, 0.1) is 5.92 Å². The standard InChI is InChI=1S/C31H27N3O5/c1-16-12-17(2)26-20(13-16)31(29(37)33-26)30(19-6-3-4-7-21(19)32-28(30)36)25(22-8-5-11-34(22)31)27(35)18-9-10-23-24(14-18)39-15-38-23/h3-4,6-7,9-10,12-14,22,25H,5,8,11,15H2,1-2H3,(H,32,36)(H,33,37). The Morgan fingerprint density at radius 3 is 2.64 bits per heavy atom. The number of nitrogens with zero attached hydrogens (tertiary/aromatic N) is 1. The fourth-order valence-corrected chi connectivity index (χ4v) is 8.27. The fraction of sp³-hybridized carbons (Fsp3) is 0.323. The van der Waals surface area contributed by atoms with Crippen LogP contribution in [0.2, 0.25) is 0 Å². The number of rotatable bonds is 2. The normalized spacial score (nSPS) is 29.5. The van der Waals surface area contributed by atoms with Crippen molar-refractivity contribution in [1.29, 1.82) is 0 Å². The van der Waals surface area contributed by atoms with Gasteiger partial charge in [-0.15, -0.1) is 0 Å². The zero-order valence-corrected chi connectivity index (χ0v) is 21.7. The first kappa shape index (κ1) is 22.8. The monoisotopic (exact) mass is 521 g/mol. The average Bonchev–Trinajstić information content (AvgIpc) is 3.71. The van der Waals surface area contributed by atoms with E-state index in [1.807, 2.05) is 50.2 Å². The number of benzene rings is 3. The fourth-order valence-electron chi connectivity index (χ4n) is 8.27. The summed E-state index contributed by atoms with van der Waals surface area (Å²) >= 11 is 0. The topological polar surface area (TPSA) is 97.0 Å². The maximum atomic E-state index is 14.8. The molecular weight excluding hydrogens is 494 g/mol. The molecule has 3 aromatic rings. The van der Waals surface area contributed by atoms with Crippen LogP contribution in [-0.4, -0.2) is 41.9 Å². The molecule has 0 aromatic heterocycles. The highest BCUT2D eigenvalue weighted by Crippen LogP contribution is 2.68. The molecular formula is C31H27N3O5. The maximum absolute atomic E-state index is 14.8. The van der Waals surface area contributed by atoms with E-state index in [9.17, 15) is 14.4 Å². The lowest BCUT2D eigenvalue weighted by Crippen LogP contribution is -2.62. The summed E-state index contributed by atoms with van der Waals surface area (Å²) in [4.78, 5) is 46.1. The molecule has 8 heteroatoms. The zero-order chi connectivity index (χ0) is 26.7. The van der Waals surface area contributed by atoms with E-state index in [0.29, 0.717) is 41.3 Å². The van der Waals surface area contributed by atoms with E-state index in [-0.39, 0.29) is 30.4 Å². The van der Waals surface area contributed by atoms with Crippen molar-refractivity contribution < 1.29 is 23.9 Å². The second kappa shape index (κ2) is 7.48. The molecule has 2 fully saturated rings. The van der Waals surface area contributed by atoms with Crippen molar-refractivity contribution in [3.8, 4) is 11.5 Å². The second-order valence-corrected chi connectivity index (χ2v) is 11.3. The minimum Gasteiger partial charge on any atom is -0.454 e. The highest BCUT2D eigenvalue weighted by Gasteiger charge is 2.81. The average molecular weight is 522 g/mol. The molecule has 5 aliphatic rings. The molecule has 39 heavy (non-hydrogen) atoms. The Morgan fingerprint density at radius 1 is 0.949 bits per heavy atom. The van der Waals surface area contributed by atoms with Gasteiger partial charge in [-0.3, -0.25) is 19.3 Å². The van der Waals surface area contributed by atoms with Crippen molar-refractivity contribution in [2.24, 2.45) is 5.92 Å². The first-order valence-corrected chi connectivity index (χ1v) is 13.4. The third kappa shape index (κ3) is 2.51. The minimum absolute atomic E-state index is 0.102. The molecule has 2 spiro atoms. The molecule has 4 unspecified atom stereocenters. The van der Waals surface area contributed by atoms with Gasteiger partial charge in [0, 0.05) is 28.5 Å². The van der Waals surface area contributed by atoms with E-state index in [4.69, 9.17) is 9.47 Å². The molecule has 0 bridgehead atoms. The Morgan fingerprint density at radius 2 is 1.77 bits per heavy atom. The van der Waals surface area contributed by atoms with E-state index < -0.39 is 16.9 Å². The molecule has 2 saturated heterocycles. The molecule has 5 heterocycles. The van der Waals surface area contributed by atoms with Gasteiger partial charge < -0.3 is 20.1 Å². The van der Waals surface area contributed by atoms with Gasteiger partial charge in [-0.05, 0) is 68.6 Å². The number of hydrogen-bond donors (Lipinski definition) is 2. The number of ketones is 1. The zero-order valence-electron chi connectivity index (χ0n) is 21.7. The number of amides is 2. The number of para-hydroxylation sites is 1. The number of fused-ring (bicyclic) bond motifs is 8. The van der Waals surface area contributed by atoms with Crippen LogP contribution in [0.4, 0.5) is 11.4 Å². The number of ether oxygens (including phenoxy) is 2. The summed E-state index contributed by atoms with van der Waals surface area (Å²) in [5.41, 5.74) is 2.44. The Bertz CT molecular complexity index is 1650. The van der Waals surface area contributed by atoms with Gasteiger partial charge >= 0.3 is 0 Å². The van der Waals surface area contributed by atoms with Crippen molar-refractivity contribution in [1.82, 2.24) is 4.90 Å². The number of Topliss-reactive ketones (excluding diaryl/α,β-unsaturated/α-hetero) is 1. The van der Waals surface area contributed by atoms with Crippen LogP contribution < -0.4 is 20.1 Å². The molecule has 0 radical (unpaired) electrons. The summed E-state index contributed by atoms with van der Waals surface area (Å²) in [5.74, 6) is -0.408. The van der Waals surface area contributed by atoms with Crippen LogP contribution in [0.5, 0.6) is 11.5 Å². The van der Waals surface area contributed by atoms with Gasteiger partial charge in [-0.1, -0.05) is 35.9 Å². The van der Waals surface area contributed by atoms with E-state index in [1.165, 1.54) is 0 Å². The second-order valence-electron chi connectivity index (χ2n) is 11.3. The summed E-state index contributed by atoms with van der Waals surface area (Å²) in [7, 11) is 0. The number of carbonyl (C=O) groups excluding carboxylic acids is 3. The van der Waals surface area contributed by atoms with E-state index in [0.717, 1.165) is 28.8 Å². The van der Waals surface area contributed by atoms with Gasteiger partial charge in [-0.25, -0.2) is 0 Å². The highest BCUT2D eigenvalue weighted by atomic mass is 16.7. The van der Waals surface area contributed by atoms with Crippen LogP contribution in [0.15, 0.2) is 54.6 Å². The number of carbonyl (C=O) groups is 3. The van der Waals surface area contributed by atoms with E-state index in [1.54, 1.807) is 18.2 Å². The smallest absolute Gasteiger partial charge is 0.251 e. The molecule has 2 N–H and O–H groups in total. The van der Waals surface area contributed by atoms with Crippen molar-refractivity contribution in [3.05, 3.63) is 82.4 Å². The Balaban J connectivity index is 1.46. The van der Waals surface area contributed by atoms with Crippen LogP contribution in [0.3, 0.4) is 0 Å². The van der Waals surface area contributed by atoms with Crippen molar-refractivity contribution in [2.45, 2.75) is 43.7 Å². The summed E-state index contributed by atoms with van der Waals surface area (Å²) < 4.78 is 11.1. The van der Waals surface area contributed by atoms with E-state index in [2.05, 4.69) is 15.5 Å². The number of nitrogens with one attached hydrogen (secondary N) is 2. The number of anilines is 2.